The lowest BCUT2D eigenvalue weighted by Crippen LogP contribution is -2.19. The van der Waals surface area contributed by atoms with Gasteiger partial charge in [-0.25, -0.2) is 0 Å². The zero-order valence-corrected chi connectivity index (χ0v) is 10.4. The van der Waals surface area contributed by atoms with Crippen molar-refractivity contribution in [1.82, 2.24) is 25.5 Å². The van der Waals surface area contributed by atoms with E-state index in [2.05, 4.69) is 51.9 Å². The summed E-state index contributed by atoms with van der Waals surface area (Å²) in [6, 6.07) is 8.45. The van der Waals surface area contributed by atoms with Crippen LogP contribution in [-0.2, 0) is 7.05 Å². The first-order valence-corrected chi connectivity index (χ1v) is 5.65. The predicted octanol–water partition coefficient (Wildman–Crippen LogP) is 0.870. The number of likely N-dealkylation sites (N-methyl/N-ethyl adjacent to an activating group) is 1. The van der Waals surface area contributed by atoms with Gasteiger partial charge in [0.2, 0.25) is 0 Å². The highest BCUT2D eigenvalue weighted by atomic mass is 15.6. The van der Waals surface area contributed by atoms with Crippen LogP contribution in [0.4, 0.5) is 0 Å². The summed E-state index contributed by atoms with van der Waals surface area (Å²) in [5.74, 6) is 0.903. The predicted molar refractivity (Wildman–Crippen MR) is 65.7 cm³/mol. The molecule has 2 rings (SSSR count). The average molecular weight is 231 g/mol. The molecule has 17 heavy (non-hydrogen) atoms. The van der Waals surface area contributed by atoms with E-state index >= 15 is 0 Å². The maximum atomic E-state index is 4.28. The van der Waals surface area contributed by atoms with Gasteiger partial charge in [-0.2, -0.15) is 4.80 Å². The Kier molecular flexibility index (Phi) is 3.49. The van der Waals surface area contributed by atoms with Crippen LogP contribution in [0.15, 0.2) is 24.3 Å². The number of benzene rings is 1. The van der Waals surface area contributed by atoms with E-state index in [0.717, 1.165) is 12.4 Å². The van der Waals surface area contributed by atoms with Crippen molar-refractivity contribution >= 4 is 0 Å². The van der Waals surface area contributed by atoms with E-state index < -0.39 is 0 Å². The number of hydrogen-bond donors (Lipinski definition) is 1. The van der Waals surface area contributed by atoms with Gasteiger partial charge >= 0.3 is 0 Å². The SMILES string of the molecule is CNCC(c1ccc(C)cc1)c1nnn(C)n1. The number of hydrogen-bond acceptors (Lipinski definition) is 4. The molecule has 0 aliphatic rings. The fourth-order valence-electron chi connectivity index (χ4n) is 1.80. The lowest BCUT2D eigenvalue weighted by atomic mass is 9.97. The molecule has 1 atom stereocenters. The standard InChI is InChI=1S/C12H17N5/c1-9-4-6-10(7-5-9)11(8-13-2)12-14-16-17(3)15-12/h4-7,11,13H,8H2,1-3H3. The fraction of sp³-hybridized carbons (Fsp3) is 0.417. The number of nitrogens with zero attached hydrogens (tertiary/aromatic N) is 4. The minimum absolute atomic E-state index is 0.147. The highest BCUT2D eigenvalue weighted by Gasteiger charge is 2.18. The van der Waals surface area contributed by atoms with Gasteiger partial charge in [-0.3, -0.25) is 0 Å². The van der Waals surface area contributed by atoms with Crippen molar-refractivity contribution in [2.75, 3.05) is 13.6 Å². The molecule has 5 nitrogen and oxygen atoms in total. The van der Waals surface area contributed by atoms with Crippen molar-refractivity contribution in [3.8, 4) is 0 Å². The largest absolute Gasteiger partial charge is 0.319 e. The molecule has 0 amide bonds. The molecule has 0 radical (unpaired) electrons. The van der Waals surface area contributed by atoms with Crippen LogP contribution >= 0.6 is 0 Å². The van der Waals surface area contributed by atoms with Crippen LogP contribution in [0.2, 0.25) is 0 Å². The highest BCUT2D eigenvalue weighted by Crippen LogP contribution is 2.20. The van der Waals surface area contributed by atoms with Crippen molar-refractivity contribution < 1.29 is 0 Å². The summed E-state index contributed by atoms with van der Waals surface area (Å²) in [4.78, 5) is 1.49. The van der Waals surface area contributed by atoms with Crippen molar-refractivity contribution in [3.05, 3.63) is 41.2 Å². The van der Waals surface area contributed by atoms with Gasteiger partial charge in [-0.1, -0.05) is 29.8 Å². The van der Waals surface area contributed by atoms with Crippen LogP contribution in [0.5, 0.6) is 0 Å². The Labute approximate surface area is 101 Å². The van der Waals surface area contributed by atoms with Crippen LogP contribution in [0, 0.1) is 6.92 Å². The second kappa shape index (κ2) is 5.05. The molecule has 0 saturated carbocycles. The lowest BCUT2D eigenvalue weighted by Gasteiger charge is -2.13. The van der Waals surface area contributed by atoms with Crippen LogP contribution < -0.4 is 5.32 Å². The molecule has 5 heteroatoms. The summed E-state index contributed by atoms with van der Waals surface area (Å²) in [5.41, 5.74) is 2.46. The summed E-state index contributed by atoms with van der Waals surface area (Å²) < 4.78 is 0. The molecule has 1 unspecified atom stereocenters. The monoisotopic (exact) mass is 231 g/mol. The summed E-state index contributed by atoms with van der Waals surface area (Å²) in [5, 5.41) is 15.4. The van der Waals surface area contributed by atoms with Gasteiger partial charge in [0.1, 0.15) is 0 Å². The Hall–Kier alpha value is -1.75. The maximum Gasteiger partial charge on any atom is 0.183 e. The van der Waals surface area contributed by atoms with Crippen LogP contribution in [-0.4, -0.2) is 33.8 Å². The molecule has 0 aliphatic heterocycles. The molecule has 0 bridgehead atoms. The quantitative estimate of drug-likeness (QED) is 0.848. The van der Waals surface area contributed by atoms with E-state index in [4.69, 9.17) is 0 Å². The van der Waals surface area contributed by atoms with Gasteiger partial charge in [-0.15, -0.1) is 10.2 Å². The smallest absolute Gasteiger partial charge is 0.183 e. The molecule has 1 heterocycles. The van der Waals surface area contributed by atoms with Crippen molar-refractivity contribution in [1.29, 1.82) is 0 Å². The number of aryl methyl sites for hydroxylation is 2. The second-order valence-corrected chi connectivity index (χ2v) is 4.16. The van der Waals surface area contributed by atoms with Crippen molar-refractivity contribution in [3.63, 3.8) is 0 Å². The third-order valence-electron chi connectivity index (χ3n) is 2.72. The lowest BCUT2D eigenvalue weighted by molar-refractivity contribution is 0.619. The molecule has 0 aliphatic carbocycles. The van der Waals surface area contributed by atoms with Gasteiger partial charge in [0, 0.05) is 6.54 Å². The Morgan fingerprint density at radius 2 is 2.00 bits per heavy atom. The summed E-state index contributed by atoms with van der Waals surface area (Å²) in [6.07, 6.45) is 0. The molecule has 2 aromatic rings. The Morgan fingerprint density at radius 3 is 2.53 bits per heavy atom. The van der Waals surface area contributed by atoms with Crippen molar-refractivity contribution in [2.45, 2.75) is 12.8 Å². The van der Waals surface area contributed by atoms with E-state index in [0.29, 0.717) is 0 Å². The molecular formula is C12H17N5. The summed E-state index contributed by atoms with van der Waals surface area (Å²) in [6.45, 7) is 2.88. The van der Waals surface area contributed by atoms with E-state index in [-0.39, 0.29) is 5.92 Å². The molecule has 0 spiro atoms. The van der Waals surface area contributed by atoms with Crippen LogP contribution in [0.25, 0.3) is 0 Å². The highest BCUT2D eigenvalue weighted by molar-refractivity contribution is 5.28. The Bertz CT molecular complexity index is 474. The second-order valence-electron chi connectivity index (χ2n) is 4.16. The summed E-state index contributed by atoms with van der Waals surface area (Å²) >= 11 is 0. The molecular weight excluding hydrogens is 214 g/mol. The third-order valence-corrected chi connectivity index (χ3v) is 2.72. The normalized spacial score (nSPS) is 12.6. The molecule has 90 valence electrons. The first kappa shape index (κ1) is 11.7. The molecule has 0 saturated heterocycles. The molecule has 1 aromatic carbocycles. The zero-order chi connectivity index (χ0) is 12.3. The maximum absolute atomic E-state index is 4.28. The Balaban J connectivity index is 2.31. The van der Waals surface area contributed by atoms with E-state index in [1.165, 1.54) is 15.9 Å². The van der Waals surface area contributed by atoms with Gasteiger partial charge in [-0.05, 0) is 24.7 Å². The topological polar surface area (TPSA) is 55.6 Å². The van der Waals surface area contributed by atoms with Gasteiger partial charge in [0.15, 0.2) is 5.82 Å². The van der Waals surface area contributed by atoms with Gasteiger partial charge in [0.05, 0.1) is 13.0 Å². The number of aromatic nitrogens is 4. The number of nitrogens with one attached hydrogen (secondary N) is 1. The van der Waals surface area contributed by atoms with E-state index in [9.17, 15) is 0 Å². The van der Waals surface area contributed by atoms with Crippen LogP contribution in [0.3, 0.4) is 0 Å². The first-order valence-electron chi connectivity index (χ1n) is 5.65. The number of tetrazole rings is 1. The van der Waals surface area contributed by atoms with Crippen molar-refractivity contribution in [2.24, 2.45) is 7.05 Å². The molecule has 0 fully saturated rings. The molecule has 1 aromatic heterocycles. The third kappa shape index (κ3) is 2.68. The molecule has 1 N–H and O–H groups in total. The minimum atomic E-state index is 0.147. The Morgan fingerprint density at radius 1 is 1.29 bits per heavy atom. The van der Waals surface area contributed by atoms with E-state index in [1.807, 2.05) is 7.05 Å². The minimum Gasteiger partial charge on any atom is -0.319 e. The van der Waals surface area contributed by atoms with E-state index in [1.54, 1.807) is 7.05 Å². The van der Waals surface area contributed by atoms with Crippen LogP contribution in [0.1, 0.15) is 22.9 Å². The fourth-order valence-corrected chi connectivity index (χ4v) is 1.80. The first-order chi connectivity index (χ1) is 8.20. The van der Waals surface area contributed by atoms with Gasteiger partial charge < -0.3 is 5.32 Å². The number of rotatable bonds is 4. The average Bonchev–Trinajstić information content (AvgIpc) is 2.74. The van der Waals surface area contributed by atoms with Gasteiger partial charge in [0.25, 0.3) is 0 Å². The summed E-state index contributed by atoms with van der Waals surface area (Å²) in [7, 11) is 3.71. The zero-order valence-electron chi connectivity index (χ0n) is 10.4.